The number of aromatic nitrogens is 2. The average Bonchev–Trinajstić information content (AvgIpc) is 3.44. The first kappa shape index (κ1) is 22.3. The van der Waals surface area contributed by atoms with Crippen LogP contribution in [-0.4, -0.2) is 15.1 Å². The van der Waals surface area contributed by atoms with Crippen LogP contribution in [0, 0.1) is 0 Å². The van der Waals surface area contributed by atoms with Crippen LogP contribution in [-0.2, 0) is 12.8 Å². The molecule has 0 N–H and O–H groups in total. The molecule has 40 heavy (non-hydrogen) atoms. The lowest BCUT2D eigenvalue weighted by Crippen LogP contribution is -2.15. The zero-order chi connectivity index (χ0) is 26.2. The van der Waals surface area contributed by atoms with E-state index in [2.05, 4.69) is 89.3 Å². The van der Waals surface area contributed by atoms with Crippen molar-refractivity contribution >= 4 is 49.5 Å². The van der Waals surface area contributed by atoms with Crippen molar-refractivity contribution in [3.05, 3.63) is 114 Å². The molecule has 0 radical (unpaired) electrons. The molecular formula is C37H29N3. The van der Waals surface area contributed by atoms with Gasteiger partial charge in [0.1, 0.15) is 0 Å². The third-order valence-corrected chi connectivity index (χ3v) is 9.40. The van der Waals surface area contributed by atoms with Gasteiger partial charge in [0, 0.05) is 39.4 Å². The van der Waals surface area contributed by atoms with E-state index in [9.17, 15) is 0 Å². The highest BCUT2D eigenvalue weighted by molar-refractivity contribution is 6.26. The number of rotatable bonds is 1. The third-order valence-electron chi connectivity index (χ3n) is 9.40. The van der Waals surface area contributed by atoms with Crippen LogP contribution in [0.1, 0.15) is 48.4 Å². The van der Waals surface area contributed by atoms with Gasteiger partial charge in [-0.05, 0) is 91.1 Å². The topological polar surface area (TPSA) is 29.7 Å². The zero-order valence-electron chi connectivity index (χ0n) is 22.4. The Balaban J connectivity index is 1.45. The summed E-state index contributed by atoms with van der Waals surface area (Å²) in [5.74, 6) is 0.255. The number of aryl methyl sites for hydroxylation is 2. The third kappa shape index (κ3) is 3.06. The molecule has 0 saturated heterocycles. The molecule has 0 amide bonds. The van der Waals surface area contributed by atoms with E-state index in [0.29, 0.717) is 0 Å². The van der Waals surface area contributed by atoms with Crippen molar-refractivity contribution in [2.45, 2.75) is 44.4 Å². The van der Waals surface area contributed by atoms with Crippen molar-refractivity contribution in [3.8, 4) is 11.1 Å². The maximum Gasteiger partial charge on any atom is 0.0844 e. The van der Waals surface area contributed by atoms with Crippen molar-refractivity contribution in [1.29, 1.82) is 0 Å². The van der Waals surface area contributed by atoms with Gasteiger partial charge in [-0.1, -0.05) is 60.7 Å². The fourth-order valence-electron chi connectivity index (χ4n) is 7.69. The van der Waals surface area contributed by atoms with E-state index in [1.807, 2.05) is 12.3 Å². The summed E-state index contributed by atoms with van der Waals surface area (Å²) in [7, 11) is 0. The molecule has 1 unspecified atom stereocenters. The second-order valence-corrected chi connectivity index (χ2v) is 11.5. The number of pyridine rings is 1. The van der Waals surface area contributed by atoms with E-state index in [1.54, 1.807) is 0 Å². The number of hydrogen-bond donors (Lipinski definition) is 0. The van der Waals surface area contributed by atoms with Gasteiger partial charge >= 0.3 is 0 Å². The number of nitrogens with zero attached hydrogens (tertiary/aromatic N) is 3. The Morgan fingerprint density at radius 1 is 0.675 bits per heavy atom. The van der Waals surface area contributed by atoms with Crippen LogP contribution in [0.2, 0.25) is 0 Å². The van der Waals surface area contributed by atoms with Gasteiger partial charge in [-0.2, -0.15) is 0 Å². The average molecular weight is 516 g/mol. The van der Waals surface area contributed by atoms with Gasteiger partial charge in [-0.15, -0.1) is 0 Å². The molecule has 192 valence electrons. The predicted octanol–water partition coefficient (Wildman–Crippen LogP) is 9.43. The van der Waals surface area contributed by atoms with Crippen molar-refractivity contribution in [3.63, 3.8) is 0 Å². The van der Waals surface area contributed by atoms with Crippen LogP contribution < -0.4 is 0 Å². The van der Waals surface area contributed by atoms with Gasteiger partial charge in [0.2, 0.25) is 0 Å². The Morgan fingerprint density at radius 3 is 2.38 bits per heavy atom. The first-order valence-corrected chi connectivity index (χ1v) is 14.7. The maximum absolute atomic E-state index is 5.44. The van der Waals surface area contributed by atoms with Crippen LogP contribution in [0.15, 0.2) is 102 Å². The van der Waals surface area contributed by atoms with Gasteiger partial charge in [-0.25, -0.2) is 0 Å². The Labute approximate surface area is 233 Å². The molecular weight excluding hydrogens is 486 g/mol. The zero-order valence-corrected chi connectivity index (χ0v) is 22.4. The molecule has 0 spiro atoms. The van der Waals surface area contributed by atoms with E-state index in [4.69, 9.17) is 9.98 Å². The second kappa shape index (κ2) is 8.50. The summed E-state index contributed by atoms with van der Waals surface area (Å²) in [5, 5.41) is 5.45. The van der Waals surface area contributed by atoms with Gasteiger partial charge in [0.15, 0.2) is 0 Å². The van der Waals surface area contributed by atoms with Crippen LogP contribution in [0.5, 0.6) is 0 Å². The number of aliphatic imine (C=N–C) groups is 1. The Bertz CT molecular complexity index is 2130. The van der Waals surface area contributed by atoms with Gasteiger partial charge in [-0.3, -0.25) is 9.98 Å². The molecule has 1 aliphatic carbocycles. The number of para-hydroxylation sites is 2. The molecule has 3 aromatic heterocycles. The largest absolute Gasteiger partial charge is 0.308 e. The summed E-state index contributed by atoms with van der Waals surface area (Å²) in [6.45, 7) is 0. The molecule has 4 aromatic carbocycles. The molecule has 3 nitrogen and oxygen atoms in total. The summed E-state index contributed by atoms with van der Waals surface area (Å²) in [6.07, 6.45) is 8.41. The lowest BCUT2D eigenvalue weighted by atomic mass is 9.82. The highest BCUT2D eigenvalue weighted by atomic mass is 14.9. The minimum Gasteiger partial charge on any atom is -0.308 e. The Hall–Kier alpha value is -4.50. The van der Waals surface area contributed by atoms with Crippen LogP contribution >= 0.6 is 0 Å². The van der Waals surface area contributed by atoms with Gasteiger partial charge in [0.05, 0.1) is 27.9 Å². The van der Waals surface area contributed by atoms with E-state index < -0.39 is 0 Å². The van der Waals surface area contributed by atoms with Crippen molar-refractivity contribution in [2.24, 2.45) is 4.99 Å². The maximum atomic E-state index is 5.44. The molecule has 0 bridgehead atoms. The first-order chi connectivity index (χ1) is 19.9. The van der Waals surface area contributed by atoms with Gasteiger partial charge in [0.25, 0.3) is 0 Å². The van der Waals surface area contributed by atoms with E-state index in [0.717, 1.165) is 49.9 Å². The summed E-state index contributed by atoms with van der Waals surface area (Å²) in [6, 6.07) is 33.7. The van der Waals surface area contributed by atoms with Crippen LogP contribution in [0.4, 0.5) is 5.69 Å². The highest BCUT2D eigenvalue weighted by Gasteiger charge is 2.32. The molecule has 3 heteroatoms. The van der Waals surface area contributed by atoms with Crippen LogP contribution in [0.3, 0.4) is 0 Å². The summed E-state index contributed by atoms with van der Waals surface area (Å²) in [5.41, 5.74) is 13.2. The summed E-state index contributed by atoms with van der Waals surface area (Å²) in [4.78, 5) is 10.2. The lowest BCUT2D eigenvalue weighted by molar-refractivity contribution is 0.706. The van der Waals surface area contributed by atoms with Crippen molar-refractivity contribution < 1.29 is 0 Å². The molecule has 1 atom stereocenters. The fraction of sp³-hybridized carbons (Fsp3) is 0.189. The molecule has 0 saturated carbocycles. The normalized spacial score (nSPS) is 17.3. The van der Waals surface area contributed by atoms with E-state index in [-0.39, 0.29) is 5.92 Å². The molecule has 2 aliphatic rings. The molecule has 0 fully saturated rings. The fourth-order valence-corrected chi connectivity index (χ4v) is 7.69. The summed E-state index contributed by atoms with van der Waals surface area (Å²) < 4.78 is 2.52. The molecule has 4 heterocycles. The minimum atomic E-state index is 0.255. The number of fused-ring (bicyclic) bond motifs is 11. The highest BCUT2D eigenvalue weighted by Crippen LogP contribution is 2.50. The summed E-state index contributed by atoms with van der Waals surface area (Å²) >= 11 is 0. The second-order valence-electron chi connectivity index (χ2n) is 11.5. The monoisotopic (exact) mass is 515 g/mol. The quantitative estimate of drug-likeness (QED) is 0.214. The SMILES string of the molecule is c1ccc2c(c1)CCC(C1=Nc3cccnc3CCCC1)c1c-2cc2c3ccccc3n3c4ccccc4c1c23. The first-order valence-electron chi connectivity index (χ1n) is 14.7. The Morgan fingerprint density at radius 2 is 1.45 bits per heavy atom. The number of benzene rings is 4. The minimum absolute atomic E-state index is 0.255. The predicted molar refractivity (Wildman–Crippen MR) is 166 cm³/mol. The Kier molecular flexibility index (Phi) is 4.74. The van der Waals surface area contributed by atoms with Crippen LogP contribution in [0.25, 0.3) is 49.2 Å². The van der Waals surface area contributed by atoms with E-state index >= 15 is 0 Å². The van der Waals surface area contributed by atoms with Gasteiger partial charge < -0.3 is 4.40 Å². The molecule has 1 aliphatic heterocycles. The smallest absolute Gasteiger partial charge is 0.0844 e. The lowest BCUT2D eigenvalue weighted by Gasteiger charge is -2.24. The molecule has 9 rings (SSSR count). The number of hydrogen-bond acceptors (Lipinski definition) is 2. The van der Waals surface area contributed by atoms with Crippen molar-refractivity contribution in [1.82, 2.24) is 9.38 Å². The standard InChI is InChI=1S/C37H29N3/c1-2-11-24-23(10-1)19-20-26(30-14-5-6-15-31-32(39-30)16-9-21-38-31)35-28(24)22-29-25-12-3-7-17-33(25)40-34-18-8-4-13-27(34)36(35)37(29)40/h1-4,7-13,16-18,21-22,26H,5-6,14-15,19-20H2. The van der Waals surface area contributed by atoms with Crippen molar-refractivity contribution in [2.75, 3.05) is 0 Å². The van der Waals surface area contributed by atoms with E-state index in [1.165, 1.54) is 66.1 Å². The molecule has 7 aromatic rings.